The van der Waals surface area contributed by atoms with Gasteiger partial charge in [0.1, 0.15) is 11.6 Å². The van der Waals surface area contributed by atoms with Crippen LogP contribution < -0.4 is 10.1 Å². The number of hydrogen-bond donors (Lipinski definition) is 2. The third-order valence-electron chi connectivity index (χ3n) is 6.39. The van der Waals surface area contributed by atoms with E-state index in [9.17, 15) is 4.79 Å². The van der Waals surface area contributed by atoms with E-state index in [4.69, 9.17) is 9.72 Å². The molecule has 1 fully saturated rings. The van der Waals surface area contributed by atoms with Crippen LogP contribution >= 0.6 is 0 Å². The molecule has 1 aliphatic heterocycles. The Hall–Kier alpha value is -3.32. The average Bonchev–Trinajstić information content (AvgIpc) is 3.23. The van der Waals surface area contributed by atoms with Crippen LogP contribution in [0.3, 0.4) is 0 Å². The molecule has 1 saturated heterocycles. The van der Waals surface area contributed by atoms with Gasteiger partial charge in [0.25, 0.3) is 0 Å². The summed E-state index contributed by atoms with van der Waals surface area (Å²) in [5.74, 6) is 1.65. The van der Waals surface area contributed by atoms with Gasteiger partial charge in [-0.05, 0) is 37.5 Å². The largest absolute Gasteiger partial charge is 0.496 e. The monoisotopic (exact) mass is 447 g/mol. The molecule has 4 rings (SSSR count). The normalized spacial score (nSPS) is 14.8. The van der Waals surface area contributed by atoms with Crippen LogP contribution in [0, 0.1) is 6.92 Å². The molecule has 7 heteroatoms. The highest BCUT2D eigenvalue weighted by Crippen LogP contribution is 2.29. The maximum Gasteiger partial charge on any atom is 0.317 e. The fourth-order valence-corrected chi connectivity index (χ4v) is 4.51. The van der Waals surface area contributed by atoms with Crippen molar-refractivity contribution in [1.29, 1.82) is 0 Å². The van der Waals surface area contributed by atoms with E-state index >= 15 is 0 Å². The van der Waals surface area contributed by atoms with E-state index in [2.05, 4.69) is 34.3 Å². The van der Waals surface area contributed by atoms with Crippen molar-refractivity contribution in [3.05, 3.63) is 71.5 Å². The van der Waals surface area contributed by atoms with Gasteiger partial charge in [-0.15, -0.1) is 0 Å². The number of rotatable bonds is 7. The predicted molar refractivity (Wildman–Crippen MR) is 130 cm³/mol. The number of H-pyrrole nitrogens is 1. The number of para-hydroxylation sites is 1. The Morgan fingerprint density at radius 1 is 1.15 bits per heavy atom. The molecule has 0 spiro atoms. The van der Waals surface area contributed by atoms with Crippen molar-refractivity contribution in [2.45, 2.75) is 38.9 Å². The Kier molecular flexibility index (Phi) is 7.29. The number of aromatic amines is 1. The SMILES string of the molecule is CNC(=O)N(Cc1ccccc1)C1CCN(Cc2nc(-c3ccccc3OC)[nH]c2C)CC1. The quantitative estimate of drug-likeness (QED) is 0.569. The molecule has 7 nitrogen and oxygen atoms in total. The van der Waals surface area contributed by atoms with Gasteiger partial charge < -0.3 is 19.9 Å². The summed E-state index contributed by atoms with van der Waals surface area (Å²) in [5.41, 5.74) is 4.26. The number of carbonyl (C=O) groups excluding carboxylic acids is 1. The summed E-state index contributed by atoms with van der Waals surface area (Å²) in [7, 11) is 3.38. The van der Waals surface area contributed by atoms with Crippen LogP contribution in [0.2, 0.25) is 0 Å². The van der Waals surface area contributed by atoms with Crippen molar-refractivity contribution in [2.75, 3.05) is 27.2 Å². The lowest BCUT2D eigenvalue weighted by molar-refractivity contribution is 0.113. The summed E-state index contributed by atoms with van der Waals surface area (Å²) in [6.45, 7) is 5.36. The molecule has 2 amide bonds. The van der Waals surface area contributed by atoms with Gasteiger partial charge in [0.05, 0.1) is 18.4 Å². The number of likely N-dealkylation sites (tertiary alicyclic amines) is 1. The van der Waals surface area contributed by atoms with Crippen molar-refractivity contribution in [3.63, 3.8) is 0 Å². The molecule has 1 aliphatic rings. The molecule has 0 aliphatic carbocycles. The van der Waals surface area contributed by atoms with Crippen LogP contribution in [0.1, 0.15) is 29.8 Å². The standard InChI is InChI=1S/C26H33N5O2/c1-19-23(29-25(28-19)22-11-7-8-12-24(22)33-3)18-30-15-13-21(14-16-30)31(26(32)27-2)17-20-9-5-4-6-10-20/h4-12,21H,13-18H2,1-3H3,(H,27,32)(H,28,29). The van der Waals surface area contributed by atoms with E-state index in [0.29, 0.717) is 6.54 Å². The summed E-state index contributed by atoms with van der Waals surface area (Å²) in [5, 5.41) is 2.82. The Bertz CT molecular complexity index is 1060. The van der Waals surface area contributed by atoms with E-state index < -0.39 is 0 Å². The number of ether oxygens (including phenoxy) is 1. The van der Waals surface area contributed by atoms with E-state index in [1.165, 1.54) is 0 Å². The molecule has 1 aromatic heterocycles. The zero-order valence-electron chi connectivity index (χ0n) is 19.7. The van der Waals surface area contributed by atoms with Gasteiger partial charge in [0.15, 0.2) is 0 Å². The van der Waals surface area contributed by atoms with Crippen molar-refractivity contribution >= 4 is 6.03 Å². The smallest absolute Gasteiger partial charge is 0.317 e. The fourth-order valence-electron chi connectivity index (χ4n) is 4.51. The van der Waals surface area contributed by atoms with Crippen molar-refractivity contribution in [2.24, 2.45) is 0 Å². The topological polar surface area (TPSA) is 73.5 Å². The first-order valence-corrected chi connectivity index (χ1v) is 11.5. The van der Waals surface area contributed by atoms with E-state index in [-0.39, 0.29) is 12.1 Å². The highest BCUT2D eigenvalue weighted by Gasteiger charge is 2.28. The number of aryl methyl sites for hydroxylation is 1. The van der Waals surface area contributed by atoms with Crippen LogP contribution in [-0.2, 0) is 13.1 Å². The van der Waals surface area contributed by atoms with Gasteiger partial charge in [0, 0.05) is 45.0 Å². The number of benzene rings is 2. The number of hydrogen-bond acceptors (Lipinski definition) is 4. The first kappa shape index (κ1) is 22.9. The molecule has 0 unspecified atom stereocenters. The number of carbonyl (C=O) groups is 1. The second-order valence-electron chi connectivity index (χ2n) is 8.53. The molecular weight excluding hydrogens is 414 g/mol. The summed E-state index contributed by atoms with van der Waals surface area (Å²) < 4.78 is 5.50. The Morgan fingerprint density at radius 3 is 2.55 bits per heavy atom. The molecule has 2 N–H and O–H groups in total. The van der Waals surface area contributed by atoms with Crippen molar-refractivity contribution < 1.29 is 9.53 Å². The molecule has 0 radical (unpaired) electrons. The zero-order chi connectivity index (χ0) is 23.2. The molecule has 0 atom stereocenters. The van der Waals surface area contributed by atoms with Crippen molar-refractivity contribution in [3.8, 4) is 17.1 Å². The van der Waals surface area contributed by atoms with Crippen LogP contribution in [0.4, 0.5) is 4.79 Å². The van der Waals surface area contributed by atoms with Gasteiger partial charge >= 0.3 is 6.03 Å². The Labute approximate surface area is 195 Å². The van der Waals surface area contributed by atoms with Gasteiger partial charge in [-0.25, -0.2) is 9.78 Å². The third-order valence-corrected chi connectivity index (χ3v) is 6.39. The number of nitrogens with zero attached hydrogens (tertiary/aromatic N) is 3. The summed E-state index contributed by atoms with van der Waals surface area (Å²) in [6.07, 6.45) is 1.90. The fraction of sp³-hybridized carbons (Fsp3) is 0.385. The van der Waals surface area contributed by atoms with Gasteiger partial charge in [-0.2, -0.15) is 0 Å². The van der Waals surface area contributed by atoms with Crippen LogP contribution in [0.25, 0.3) is 11.4 Å². The maximum atomic E-state index is 12.6. The maximum absolute atomic E-state index is 12.6. The van der Waals surface area contributed by atoms with Gasteiger partial charge in [-0.3, -0.25) is 4.90 Å². The number of amides is 2. The Morgan fingerprint density at radius 2 is 1.85 bits per heavy atom. The highest BCUT2D eigenvalue weighted by molar-refractivity contribution is 5.74. The molecule has 3 aromatic rings. The minimum atomic E-state index is -0.0121. The Balaban J connectivity index is 1.40. The molecule has 2 aromatic carbocycles. The number of piperidine rings is 1. The van der Waals surface area contributed by atoms with Crippen LogP contribution in [0.15, 0.2) is 54.6 Å². The number of aromatic nitrogens is 2. The van der Waals surface area contributed by atoms with E-state index in [1.807, 2.05) is 47.4 Å². The number of methoxy groups -OCH3 is 1. The predicted octanol–water partition coefficient (Wildman–Crippen LogP) is 4.20. The lowest BCUT2D eigenvalue weighted by atomic mass is 10.0. The van der Waals surface area contributed by atoms with Gasteiger partial charge in [-0.1, -0.05) is 42.5 Å². The first-order valence-electron chi connectivity index (χ1n) is 11.5. The summed E-state index contributed by atoms with van der Waals surface area (Å²) >= 11 is 0. The molecule has 0 saturated carbocycles. The van der Waals surface area contributed by atoms with E-state index in [0.717, 1.165) is 66.6 Å². The van der Waals surface area contributed by atoms with E-state index in [1.54, 1.807) is 14.2 Å². The molecule has 2 heterocycles. The lowest BCUT2D eigenvalue weighted by Crippen LogP contribution is -2.49. The molecule has 0 bridgehead atoms. The van der Waals surface area contributed by atoms with Crippen molar-refractivity contribution in [1.82, 2.24) is 25.1 Å². The number of urea groups is 1. The molecule has 33 heavy (non-hydrogen) atoms. The molecule has 174 valence electrons. The minimum absolute atomic E-state index is 0.0121. The summed E-state index contributed by atoms with van der Waals surface area (Å²) in [6, 6.07) is 18.3. The zero-order valence-corrected chi connectivity index (χ0v) is 19.7. The van der Waals surface area contributed by atoms with Crippen LogP contribution in [-0.4, -0.2) is 59.1 Å². The third kappa shape index (κ3) is 5.37. The highest BCUT2D eigenvalue weighted by atomic mass is 16.5. The van der Waals surface area contributed by atoms with Gasteiger partial charge in [0.2, 0.25) is 0 Å². The van der Waals surface area contributed by atoms with Crippen LogP contribution in [0.5, 0.6) is 5.75 Å². The number of imidazole rings is 1. The minimum Gasteiger partial charge on any atom is -0.496 e. The average molecular weight is 448 g/mol. The number of nitrogens with one attached hydrogen (secondary N) is 2. The summed E-state index contributed by atoms with van der Waals surface area (Å²) in [4.78, 5) is 25.3. The molecular formula is C26H33N5O2. The lowest BCUT2D eigenvalue weighted by Gasteiger charge is -2.38. The second-order valence-corrected chi connectivity index (χ2v) is 8.53. The first-order chi connectivity index (χ1) is 16.1. The second kappa shape index (κ2) is 10.5.